The van der Waals surface area contributed by atoms with Crippen molar-refractivity contribution < 1.29 is 19.4 Å². The van der Waals surface area contributed by atoms with E-state index >= 15 is 0 Å². The Morgan fingerprint density at radius 3 is 1.51 bits per heavy atom. The maximum absolute atomic E-state index is 12.9. The molecule has 0 aliphatic carbocycles. The normalized spacial score (nSPS) is 18.0. The van der Waals surface area contributed by atoms with Crippen LogP contribution in [0.5, 0.6) is 0 Å². The molecule has 2 atom stereocenters. The molecule has 2 heterocycles. The van der Waals surface area contributed by atoms with Crippen LogP contribution in [0, 0.1) is 20.2 Å². The fourth-order valence-electron chi connectivity index (χ4n) is 5.02. The number of halogens is 2. The Balaban J connectivity index is 1.30. The smallest absolute Gasteiger partial charge is 0.271 e. The van der Waals surface area contributed by atoms with Gasteiger partial charge in [-0.05, 0) is 36.1 Å². The molecule has 2 aromatic carbocycles. The van der Waals surface area contributed by atoms with Gasteiger partial charge in [0.1, 0.15) is 0 Å². The van der Waals surface area contributed by atoms with Gasteiger partial charge in [0.2, 0.25) is 11.8 Å². The van der Waals surface area contributed by atoms with Crippen molar-refractivity contribution in [1.82, 2.24) is 0 Å². The Labute approximate surface area is 223 Å². The molecular formula is C25H26Cl2N4O6. The third-order valence-electron chi connectivity index (χ3n) is 6.97. The molecule has 2 aromatic rings. The standard InChI is InChI=1S/C25H26Cl2N4O6/c26-12-16-14-28(22-10-18(30(34)35)6-8-20(16)22)24(32)4-2-1-3-5-25(33)29-15-17(13-27)21-9-7-19(31(36)37)11-23(21)29/h6-11,16-17H,1-5,12-15H2. The zero-order chi connectivity index (χ0) is 26.7. The van der Waals surface area contributed by atoms with Gasteiger partial charge in [-0.3, -0.25) is 29.8 Å². The maximum Gasteiger partial charge on any atom is 0.271 e. The quantitative estimate of drug-likeness (QED) is 0.167. The number of hydrogen-bond donors (Lipinski definition) is 0. The third-order valence-corrected chi connectivity index (χ3v) is 7.72. The number of nitrogens with zero attached hydrogens (tertiary/aromatic N) is 4. The molecule has 0 bridgehead atoms. The van der Waals surface area contributed by atoms with Gasteiger partial charge < -0.3 is 9.80 Å². The monoisotopic (exact) mass is 548 g/mol. The number of benzene rings is 2. The van der Waals surface area contributed by atoms with Gasteiger partial charge in [0.15, 0.2) is 0 Å². The summed E-state index contributed by atoms with van der Waals surface area (Å²) < 4.78 is 0. The second-order valence-corrected chi connectivity index (χ2v) is 9.89. The average molecular weight is 549 g/mol. The highest BCUT2D eigenvalue weighted by molar-refractivity contribution is 6.19. The van der Waals surface area contributed by atoms with Crippen molar-refractivity contribution in [3.05, 3.63) is 67.8 Å². The largest absolute Gasteiger partial charge is 0.311 e. The molecule has 0 saturated carbocycles. The topological polar surface area (TPSA) is 127 Å². The number of carbonyl (C=O) groups is 2. The van der Waals surface area contributed by atoms with Crippen LogP contribution in [0.2, 0.25) is 0 Å². The summed E-state index contributed by atoms with van der Waals surface area (Å²) in [5, 5.41) is 22.4. The van der Waals surface area contributed by atoms with Crippen LogP contribution in [0.15, 0.2) is 36.4 Å². The number of rotatable bonds is 10. The number of nitro benzene ring substituents is 2. The van der Waals surface area contributed by atoms with E-state index in [0.29, 0.717) is 55.5 Å². The average Bonchev–Trinajstić information content (AvgIpc) is 3.45. The molecule has 0 N–H and O–H groups in total. The number of carbonyl (C=O) groups excluding carboxylic acids is 2. The van der Waals surface area contributed by atoms with Crippen molar-refractivity contribution in [3.8, 4) is 0 Å². The first-order chi connectivity index (χ1) is 17.7. The first kappa shape index (κ1) is 26.8. The summed E-state index contributed by atoms with van der Waals surface area (Å²) in [5.74, 6) is 0.205. The van der Waals surface area contributed by atoms with E-state index in [-0.39, 0.29) is 47.9 Å². The molecule has 0 spiro atoms. The number of amides is 2. The maximum atomic E-state index is 12.9. The van der Waals surface area contributed by atoms with E-state index < -0.39 is 9.85 Å². The van der Waals surface area contributed by atoms with Gasteiger partial charge >= 0.3 is 0 Å². The van der Waals surface area contributed by atoms with Crippen LogP contribution >= 0.6 is 23.2 Å². The van der Waals surface area contributed by atoms with E-state index in [1.807, 2.05) is 0 Å². The van der Waals surface area contributed by atoms with E-state index in [0.717, 1.165) is 11.1 Å². The number of fused-ring (bicyclic) bond motifs is 2. The summed E-state index contributed by atoms with van der Waals surface area (Å²) in [6.07, 6.45) is 2.26. The molecule has 196 valence electrons. The number of alkyl halides is 2. The summed E-state index contributed by atoms with van der Waals surface area (Å²) in [5.41, 5.74) is 2.60. The lowest BCUT2D eigenvalue weighted by atomic mass is 10.0. The van der Waals surface area contributed by atoms with E-state index in [1.54, 1.807) is 21.9 Å². The molecule has 0 saturated heterocycles. The predicted octanol–water partition coefficient (Wildman–Crippen LogP) is 5.49. The third kappa shape index (κ3) is 5.55. The van der Waals surface area contributed by atoms with Crippen LogP contribution < -0.4 is 9.80 Å². The molecule has 4 rings (SSSR count). The van der Waals surface area contributed by atoms with Crippen LogP contribution in [0.3, 0.4) is 0 Å². The highest BCUT2D eigenvalue weighted by Crippen LogP contribution is 2.41. The van der Waals surface area contributed by atoms with Gasteiger partial charge in [0.25, 0.3) is 11.4 Å². The van der Waals surface area contributed by atoms with Crippen LogP contribution in [-0.2, 0) is 9.59 Å². The van der Waals surface area contributed by atoms with Gasteiger partial charge in [0.05, 0.1) is 21.2 Å². The Bertz CT molecular complexity index is 1150. The summed E-state index contributed by atoms with van der Waals surface area (Å²) in [4.78, 5) is 50.4. The van der Waals surface area contributed by atoms with Crippen molar-refractivity contribution in [3.63, 3.8) is 0 Å². The zero-order valence-electron chi connectivity index (χ0n) is 20.0. The van der Waals surface area contributed by atoms with Crippen LogP contribution in [0.25, 0.3) is 0 Å². The van der Waals surface area contributed by atoms with Crippen molar-refractivity contribution in [2.45, 2.75) is 43.9 Å². The highest BCUT2D eigenvalue weighted by Gasteiger charge is 2.34. The van der Waals surface area contributed by atoms with Crippen LogP contribution in [0.1, 0.15) is 55.1 Å². The summed E-state index contributed by atoms with van der Waals surface area (Å²) in [7, 11) is 0. The minimum atomic E-state index is -0.486. The minimum absolute atomic E-state index is 0.0736. The molecule has 0 aromatic heterocycles. The fraction of sp³-hybridized carbons (Fsp3) is 0.440. The van der Waals surface area contributed by atoms with Gasteiger partial charge in [-0.25, -0.2) is 0 Å². The van der Waals surface area contributed by atoms with Crippen molar-refractivity contribution >= 4 is 57.8 Å². The SMILES string of the molecule is O=C(CCCCCC(=O)N1CC(CCl)c2ccc([N+](=O)[O-])cc21)N1CC(CCl)c2ccc([N+](=O)[O-])cc21. The fourth-order valence-corrected chi connectivity index (χ4v) is 5.55. The number of unbranched alkanes of at least 4 members (excludes halogenated alkanes) is 2. The summed E-state index contributed by atoms with van der Waals surface area (Å²) in [6.45, 7) is 0.777. The molecule has 2 aliphatic rings. The molecule has 0 fully saturated rings. The lowest BCUT2D eigenvalue weighted by molar-refractivity contribution is -0.385. The predicted molar refractivity (Wildman–Crippen MR) is 141 cm³/mol. The van der Waals surface area contributed by atoms with Crippen molar-refractivity contribution in [2.24, 2.45) is 0 Å². The Kier molecular flexibility index (Phi) is 8.29. The summed E-state index contributed by atoms with van der Waals surface area (Å²) in [6, 6.07) is 9.03. The molecule has 37 heavy (non-hydrogen) atoms. The van der Waals surface area contributed by atoms with E-state index in [1.165, 1.54) is 24.3 Å². The van der Waals surface area contributed by atoms with Crippen molar-refractivity contribution in [1.29, 1.82) is 0 Å². The molecule has 10 nitrogen and oxygen atoms in total. The number of hydrogen-bond acceptors (Lipinski definition) is 6. The number of anilines is 2. The number of non-ortho nitro benzene ring substituents is 2. The lowest BCUT2D eigenvalue weighted by Gasteiger charge is -2.18. The minimum Gasteiger partial charge on any atom is -0.311 e. The second-order valence-electron chi connectivity index (χ2n) is 9.27. The van der Waals surface area contributed by atoms with Crippen LogP contribution in [0.4, 0.5) is 22.7 Å². The summed E-state index contributed by atoms with van der Waals surface area (Å²) >= 11 is 12.1. The van der Waals surface area contributed by atoms with Gasteiger partial charge in [-0.1, -0.05) is 6.42 Å². The highest BCUT2D eigenvalue weighted by atomic mass is 35.5. The molecule has 0 radical (unpaired) electrons. The Morgan fingerprint density at radius 2 is 1.16 bits per heavy atom. The van der Waals surface area contributed by atoms with E-state index in [4.69, 9.17) is 23.2 Å². The molecule has 2 aliphatic heterocycles. The lowest BCUT2D eigenvalue weighted by Crippen LogP contribution is -2.30. The molecular weight excluding hydrogens is 523 g/mol. The zero-order valence-corrected chi connectivity index (χ0v) is 21.5. The number of nitro groups is 2. The Hall–Kier alpha value is -3.24. The van der Waals surface area contributed by atoms with E-state index in [2.05, 4.69) is 0 Å². The van der Waals surface area contributed by atoms with Gasteiger partial charge in [-0.2, -0.15) is 0 Å². The van der Waals surface area contributed by atoms with Gasteiger partial charge in [0, 0.05) is 73.8 Å². The van der Waals surface area contributed by atoms with Crippen LogP contribution in [-0.4, -0.2) is 46.5 Å². The second kappa shape index (κ2) is 11.4. The first-order valence-electron chi connectivity index (χ1n) is 12.0. The molecule has 2 unspecified atom stereocenters. The van der Waals surface area contributed by atoms with E-state index in [9.17, 15) is 29.8 Å². The van der Waals surface area contributed by atoms with Crippen molar-refractivity contribution in [2.75, 3.05) is 34.6 Å². The molecule has 12 heteroatoms. The van der Waals surface area contributed by atoms with Gasteiger partial charge in [-0.15, -0.1) is 23.2 Å². The molecule has 2 amide bonds. The first-order valence-corrected chi connectivity index (χ1v) is 13.1. The Morgan fingerprint density at radius 1 is 0.757 bits per heavy atom.